The smallest absolute Gasteiger partial charge is 0.271 e. The molecule has 3 aromatic rings. The van der Waals surface area contributed by atoms with Gasteiger partial charge in [-0.1, -0.05) is 35.9 Å². The number of amides is 2. The molecule has 0 aromatic heterocycles. The van der Waals surface area contributed by atoms with Gasteiger partial charge in [-0.15, -0.1) is 0 Å². The summed E-state index contributed by atoms with van der Waals surface area (Å²) in [7, 11) is 1.44. The van der Waals surface area contributed by atoms with Gasteiger partial charge >= 0.3 is 0 Å². The number of nitrogens with one attached hydrogen (secondary N) is 2. The predicted octanol–water partition coefficient (Wildman–Crippen LogP) is 4.07. The van der Waals surface area contributed by atoms with Crippen molar-refractivity contribution in [2.24, 2.45) is 5.10 Å². The lowest BCUT2D eigenvalue weighted by molar-refractivity contribution is 0.0953. The van der Waals surface area contributed by atoms with Gasteiger partial charge in [0.1, 0.15) is 0 Å². The van der Waals surface area contributed by atoms with Crippen molar-refractivity contribution in [3.8, 4) is 11.5 Å². The van der Waals surface area contributed by atoms with Gasteiger partial charge in [0.2, 0.25) is 0 Å². The van der Waals surface area contributed by atoms with E-state index in [2.05, 4.69) is 15.8 Å². The number of halogens is 1. The fourth-order valence-corrected chi connectivity index (χ4v) is 2.84. The van der Waals surface area contributed by atoms with Crippen molar-refractivity contribution in [2.45, 2.75) is 0 Å². The molecule has 3 N–H and O–H groups in total. The minimum Gasteiger partial charge on any atom is -0.504 e. The molecule has 0 bridgehead atoms. The molecule has 0 unspecified atom stereocenters. The highest BCUT2D eigenvalue weighted by molar-refractivity contribution is 6.34. The summed E-state index contributed by atoms with van der Waals surface area (Å²) in [4.78, 5) is 24.7. The lowest BCUT2D eigenvalue weighted by Gasteiger charge is -2.08. The third-order valence-corrected chi connectivity index (χ3v) is 4.45. The van der Waals surface area contributed by atoms with E-state index >= 15 is 0 Å². The number of hydrogen-bond acceptors (Lipinski definition) is 5. The Morgan fingerprint density at radius 1 is 1.03 bits per heavy atom. The van der Waals surface area contributed by atoms with Crippen molar-refractivity contribution in [1.29, 1.82) is 0 Å². The number of carbonyl (C=O) groups excluding carboxylic acids is 2. The first kappa shape index (κ1) is 20.9. The number of methoxy groups -OCH3 is 1. The van der Waals surface area contributed by atoms with E-state index in [4.69, 9.17) is 16.3 Å². The van der Waals surface area contributed by atoms with Crippen LogP contribution < -0.4 is 15.5 Å². The molecule has 152 valence electrons. The van der Waals surface area contributed by atoms with Gasteiger partial charge in [-0.25, -0.2) is 5.43 Å². The fourth-order valence-electron chi connectivity index (χ4n) is 2.62. The van der Waals surface area contributed by atoms with Gasteiger partial charge in [-0.3, -0.25) is 9.59 Å². The Morgan fingerprint density at radius 3 is 2.57 bits per heavy atom. The molecule has 30 heavy (non-hydrogen) atoms. The number of hydrazone groups is 1. The molecule has 3 rings (SSSR count). The van der Waals surface area contributed by atoms with E-state index in [0.29, 0.717) is 33.1 Å². The molecule has 0 aliphatic rings. The van der Waals surface area contributed by atoms with E-state index in [9.17, 15) is 14.7 Å². The highest BCUT2D eigenvalue weighted by atomic mass is 35.5. The number of hydrogen-bond donors (Lipinski definition) is 3. The maximum Gasteiger partial charge on any atom is 0.271 e. The average molecular weight is 424 g/mol. The molecule has 0 spiro atoms. The highest BCUT2D eigenvalue weighted by Gasteiger charge is 2.11. The molecule has 0 radical (unpaired) electrons. The Morgan fingerprint density at radius 2 is 1.80 bits per heavy atom. The van der Waals surface area contributed by atoms with Crippen molar-refractivity contribution in [3.63, 3.8) is 0 Å². The number of aromatic hydroxyl groups is 1. The molecule has 3 aromatic carbocycles. The monoisotopic (exact) mass is 423 g/mol. The second-order valence-electron chi connectivity index (χ2n) is 6.11. The number of ether oxygens (including phenoxy) is 1. The number of phenols is 1. The number of rotatable bonds is 6. The number of nitrogens with zero attached hydrogens (tertiary/aromatic N) is 1. The van der Waals surface area contributed by atoms with Crippen LogP contribution in [0.4, 0.5) is 5.69 Å². The Hall–Kier alpha value is -3.84. The van der Waals surface area contributed by atoms with E-state index in [0.717, 1.165) is 0 Å². The van der Waals surface area contributed by atoms with Crippen LogP contribution in [0.3, 0.4) is 0 Å². The third kappa shape index (κ3) is 4.95. The minimum absolute atomic E-state index is 0.0812. The fraction of sp³-hybridized carbons (Fsp3) is 0.0455. The maximum atomic E-state index is 12.4. The van der Waals surface area contributed by atoms with Gasteiger partial charge < -0.3 is 15.2 Å². The Balaban J connectivity index is 1.68. The third-order valence-electron chi connectivity index (χ3n) is 4.12. The van der Waals surface area contributed by atoms with Crippen molar-refractivity contribution in [2.75, 3.05) is 12.4 Å². The van der Waals surface area contributed by atoms with Crippen LogP contribution in [0.15, 0.2) is 71.8 Å². The number of anilines is 1. The summed E-state index contributed by atoms with van der Waals surface area (Å²) in [5.41, 5.74) is 3.82. The van der Waals surface area contributed by atoms with Gasteiger partial charge in [-0.2, -0.15) is 5.10 Å². The summed E-state index contributed by atoms with van der Waals surface area (Å²) >= 11 is 6.04. The standard InChI is InChI=1S/C22H18ClN3O4/c1-30-19-11-5-7-15(20(19)27)13-24-26-21(28)14-6-4-8-16(12-14)25-22(29)17-9-2-3-10-18(17)23/h2-13,27H,1H3,(H,25,29)(H,26,28). The summed E-state index contributed by atoms with van der Waals surface area (Å²) in [5.74, 6) is -0.651. The Kier molecular flexibility index (Phi) is 6.67. The Bertz CT molecular complexity index is 1120. The lowest BCUT2D eigenvalue weighted by Crippen LogP contribution is -2.18. The molecule has 0 atom stereocenters. The molecule has 0 aliphatic heterocycles. The molecule has 0 saturated heterocycles. The topological polar surface area (TPSA) is 100 Å². The highest BCUT2D eigenvalue weighted by Crippen LogP contribution is 2.27. The summed E-state index contributed by atoms with van der Waals surface area (Å²) in [6.07, 6.45) is 1.30. The van der Waals surface area contributed by atoms with Crippen LogP contribution >= 0.6 is 11.6 Å². The number of para-hydroxylation sites is 1. The van der Waals surface area contributed by atoms with Gasteiger partial charge in [-0.05, 0) is 42.5 Å². The average Bonchev–Trinajstić information content (AvgIpc) is 2.75. The van der Waals surface area contributed by atoms with Crippen LogP contribution in [0, 0.1) is 0 Å². The molecule has 8 heteroatoms. The first-order valence-electron chi connectivity index (χ1n) is 8.85. The van der Waals surface area contributed by atoms with E-state index in [-0.39, 0.29) is 11.7 Å². The number of phenolic OH excluding ortho intramolecular Hbond substituents is 1. The molecule has 2 amide bonds. The van der Waals surface area contributed by atoms with Crippen molar-refractivity contribution < 1.29 is 19.4 Å². The predicted molar refractivity (Wildman–Crippen MR) is 116 cm³/mol. The van der Waals surface area contributed by atoms with Crippen molar-refractivity contribution in [3.05, 3.63) is 88.4 Å². The van der Waals surface area contributed by atoms with Gasteiger partial charge in [0.05, 0.1) is 23.9 Å². The molecule has 0 saturated carbocycles. The largest absolute Gasteiger partial charge is 0.504 e. The molecular formula is C22H18ClN3O4. The van der Waals surface area contributed by atoms with Crippen molar-refractivity contribution in [1.82, 2.24) is 5.43 Å². The lowest BCUT2D eigenvalue weighted by atomic mass is 10.1. The summed E-state index contributed by atoms with van der Waals surface area (Å²) in [6, 6.07) is 18.0. The first-order chi connectivity index (χ1) is 14.5. The summed E-state index contributed by atoms with van der Waals surface area (Å²) < 4.78 is 5.02. The van der Waals surface area contributed by atoms with Crippen LogP contribution in [-0.4, -0.2) is 30.2 Å². The van der Waals surface area contributed by atoms with Crippen LogP contribution in [0.25, 0.3) is 0 Å². The SMILES string of the molecule is COc1cccc(C=NNC(=O)c2cccc(NC(=O)c3ccccc3Cl)c2)c1O. The molecule has 0 heterocycles. The number of benzene rings is 3. The van der Waals surface area contributed by atoms with E-state index in [1.807, 2.05) is 0 Å². The minimum atomic E-state index is -0.484. The molecule has 7 nitrogen and oxygen atoms in total. The van der Waals surface area contributed by atoms with Crippen LogP contribution in [0.2, 0.25) is 5.02 Å². The van der Waals surface area contributed by atoms with E-state index in [1.165, 1.54) is 19.4 Å². The second-order valence-corrected chi connectivity index (χ2v) is 6.52. The van der Waals surface area contributed by atoms with Gasteiger partial charge in [0.25, 0.3) is 11.8 Å². The van der Waals surface area contributed by atoms with E-state index in [1.54, 1.807) is 60.7 Å². The van der Waals surface area contributed by atoms with Crippen LogP contribution in [0.1, 0.15) is 26.3 Å². The summed E-state index contributed by atoms with van der Waals surface area (Å²) in [6.45, 7) is 0. The maximum absolute atomic E-state index is 12.4. The quantitative estimate of drug-likeness (QED) is 0.411. The zero-order chi connectivity index (χ0) is 21.5. The molecule has 0 fully saturated rings. The molecular weight excluding hydrogens is 406 g/mol. The van der Waals surface area contributed by atoms with Gasteiger partial charge in [0, 0.05) is 16.8 Å². The first-order valence-corrected chi connectivity index (χ1v) is 9.22. The Labute approximate surface area is 178 Å². The van der Waals surface area contributed by atoms with Gasteiger partial charge in [0.15, 0.2) is 11.5 Å². The molecule has 0 aliphatic carbocycles. The zero-order valence-electron chi connectivity index (χ0n) is 15.9. The van der Waals surface area contributed by atoms with Crippen LogP contribution in [-0.2, 0) is 0 Å². The van der Waals surface area contributed by atoms with E-state index < -0.39 is 5.91 Å². The second kappa shape index (κ2) is 9.58. The van der Waals surface area contributed by atoms with Crippen LogP contribution in [0.5, 0.6) is 11.5 Å². The van der Waals surface area contributed by atoms with Crippen molar-refractivity contribution >= 4 is 35.3 Å². The normalized spacial score (nSPS) is 10.6. The summed E-state index contributed by atoms with van der Waals surface area (Å²) in [5, 5.41) is 16.9. The zero-order valence-corrected chi connectivity index (χ0v) is 16.7. The number of carbonyl (C=O) groups is 2.